The largest absolute Gasteiger partial charge is 0.158 e. The summed E-state index contributed by atoms with van der Waals surface area (Å²) < 4.78 is 0. The van der Waals surface area contributed by atoms with E-state index in [1.807, 2.05) is 0 Å². The van der Waals surface area contributed by atoms with Crippen LogP contribution in [0.2, 0.25) is 0 Å². The first-order valence-corrected chi connectivity index (χ1v) is 7.56. The van der Waals surface area contributed by atoms with Crippen molar-refractivity contribution in [3.63, 3.8) is 0 Å². The fourth-order valence-corrected chi connectivity index (χ4v) is 3.69. The van der Waals surface area contributed by atoms with Crippen LogP contribution < -0.4 is 0 Å². The third-order valence-electron chi connectivity index (χ3n) is 3.56. The second-order valence-corrected chi connectivity index (χ2v) is 7.90. The second-order valence-electron chi connectivity index (χ2n) is 6.57. The predicted octanol–water partition coefficient (Wildman–Crippen LogP) is 4.98. The maximum absolute atomic E-state index is 2.40. The summed E-state index contributed by atoms with van der Waals surface area (Å²) in [4.78, 5) is 0. The minimum Gasteiger partial charge on any atom is -0.158 e. The van der Waals surface area contributed by atoms with Crippen molar-refractivity contribution in [1.82, 2.24) is 0 Å². The molecular weight excluding hydrogens is 200 g/mol. The Morgan fingerprint density at radius 1 is 1.07 bits per heavy atom. The molecule has 1 fully saturated rings. The van der Waals surface area contributed by atoms with Crippen LogP contribution in [0.5, 0.6) is 0 Å². The van der Waals surface area contributed by atoms with Gasteiger partial charge in [-0.25, -0.2) is 0 Å². The summed E-state index contributed by atoms with van der Waals surface area (Å²) in [6, 6.07) is 0. The minimum atomic E-state index is 0.535. The Kier molecular flexibility index (Phi) is 5.02. The van der Waals surface area contributed by atoms with E-state index in [0.29, 0.717) is 5.41 Å². The van der Waals surface area contributed by atoms with Gasteiger partial charge in [-0.15, -0.1) is 0 Å². The molecule has 0 spiro atoms. The van der Waals surface area contributed by atoms with Crippen molar-refractivity contribution in [2.24, 2.45) is 17.3 Å². The van der Waals surface area contributed by atoms with Crippen molar-refractivity contribution in [3.8, 4) is 0 Å². The van der Waals surface area contributed by atoms with Gasteiger partial charge in [-0.05, 0) is 48.7 Å². The van der Waals surface area contributed by atoms with E-state index >= 15 is 0 Å². The molecule has 0 N–H and O–H groups in total. The Morgan fingerprint density at radius 3 is 2.00 bits per heavy atom. The minimum absolute atomic E-state index is 0.535. The molecule has 1 aliphatic carbocycles. The molecule has 0 unspecified atom stereocenters. The topological polar surface area (TPSA) is 0 Å². The number of hydrogen-bond acceptors (Lipinski definition) is 1. The molecule has 1 aliphatic rings. The molecule has 0 heterocycles. The Labute approximate surface area is 101 Å². The van der Waals surface area contributed by atoms with E-state index in [1.165, 1.54) is 31.4 Å². The summed E-state index contributed by atoms with van der Waals surface area (Å²) in [5.74, 6) is 3.17. The maximum Gasteiger partial charge on any atom is 0.00473 e. The van der Waals surface area contributed by atoms with Gasteiger partial charge in [-0.3, -0.25) is 0 Å². The van der Waals surface area contributed by atoms with Gasteiger partial charge in [0.25, 0.3) is 0 Å². The molecule has 0 aromatic rings. The monoisotopic (exact) mass is 228 g/mol. The molecular formula is C14H28S. The molecule has 0 nitrogen and oxygen atoms in total. The first-order valence-electron chi connectivity index (χ1n) is 6.51. The van der Waals surface area contributed by atoms with Crippen molar-refractivity contribution in [3.05, 3.63) is 0 Å². The lowest BCUT2D eigenvalue weighted by atomic mass is 9.72. The molecule has 0 bridgehead atoms. The van der Waals surface area contributed by atoms with Crippen LogP contribution in [0, 0.1) is 17.3 Å². The van der Waals surface area contributed by atoms with E-state index in [1.54, 1.807) is 0 Å². The lowest BCUT2D eigenvalue weighted by Gasteiger charge is -2.36. The van der Waals surface area contributed by atoms with Crippen molar-refractivity contribution in [2.75, 3.05) is 5.75 Å². The third kappa shape index (κ3) is 4.80. The lowest BCUT2D eigenvalue weighted by molar-refractivity contribution is 0.182. The van der Waals surface area contributed by atoms with Crippen LogP contribution >= 0.6 is 11.8 Å². The van der Waals surface area contributed by atoms with Crippen LogP contribution in [0.3, 0.4) is 0 Å². The van der Waals surface area contributed by atoms with Crippen molar-refractivity contribution < 1.29 is 0 Å². The van der Waals surface area contributed by atoms with E-state index in [2.05, 4.69) is 46.4 Å². The highest BCUT2D eigenvalue weighted by Gasteiger charge is 2.29. The zero-order valence-electron chi connectivity index (χ0n) is 11.2. The Morgan fingerprint density at radius 2 is 1.60 bits per heavy atom. The Balaban J connectivity index is 2.24. The fourth-order valence-electron chi connectivity index (χ4n) is 2.42. The molecule has 0 saturated heterocycles. The van der Waals surface area contributed by atoms with Gasteiger partial charge in [0.1, 0.15) is 0 Å². The van der Waals surface area contributed by atoms with Gasteiger partial charge in [0.15, 0.2) is 0 Å². The van der Waals surface area contributed by atoms with Crippen LogP contribution in [-0.4, -0.2) is 11.0 Å². The average molecular weight is 228 g/mol. The van der Waals surface area contributed by atoms with Crippen LogP contribution in [0.25, 0.3) is 0 Å². The van der Waals surface area contributed by atoms with Crippen molar-refractivity contribution in [1.29, 1.82) is 0 Å². The lowest BCUT2D eigenvalue weighted by Crippen LogP contribution is -2.27. The van der Waals surface area contributed by atoms with E-state index in [0.717, 1.165) is 17.1 Å². The second kappa shape index (κ2) is 5.61. The summed E-state index contributed by atoms with van der Waals surface area (Å²) in [6.45, 7) is 11.9. The zero-order valence-corrected chi connectivity index (χ0v) is 12.0. The number of rotatable bonds is 3. The fraction of sp³-hybridized carbons (Fsp3) is 1.00. The van der Waals surface area contributed by atoms with E-state index in [-0.39, 0.29) is 0 Å². The molecule has 1 heteroatoms. The molecule has 0 atom stereocenters. The van der Waals surface area contributed by atoms with E-state index < -0.39 is 0 Å². The number of thioether (sulfide) groups is 1. The van der Waals surface area contributed by atoms with Crippen molar-refractivity contribution >= 4 is 11.8 Å². The Bertz CT molecular complexity index is 170. The average Bonchev–Trinajstić information content (AvgIpc) is 2.14. The summed E-state index contributed by atoms with van der Waals surface area (Å²) >= 11 is 2.22. The van der Waals surface area contributed by atoms with Gasteiger partial charge < -0.3 is 0 Å². The first kappa shape index (κ1) is 13.4. The van der Waals surface area contributed by atoms with Gasteiger partial charge >= 0.3 is 0 Å². The van der Waals surface area contributed by atoms with E-state index in [4.69, 9.17) is 0 Å². The smallest absolute Gasteiger partial charge is 0.00473 e. The molecule has 1 rings (SSSR count). The summed E-state index contributed by atoms with van der Waals surface area (Å²) in [6.07, 6.45) is 5.83. The standard InChI is InChI=1S/C14H28S/c1-11(2)10-15-13-8-6-12(7-9-13)14(3,4)5/h11-13H,6-10H2,1-5H3. The van der Waals surface area contributed by atoms with Crippen LogP contribution in [0.4, 0.5) is 0 Å². The van der Waals surface area contributed by atoms with Crippen LogP contribution in [0.15, 0.2) is 0 Å². The van der Waals surface area contributed by atoms with E-state index in [9.17, 15) is 0 Å². The molecule has 0 amide bonds. The Hall–Kier alpha value is 0.350. The highest BCUT2D eigenvalue weighted by molar-refractivity contribution is 7.99. The molecule has 0 aromatic carbocycles. The van der Waals surface area contributed by atoms with Gasteiger partial charge in [-0.2, -0.15) is 11.8 Å². The highest BCUT2D eigenvalue weighted by atomic mass is 32.2. The maximum atomic E-state index is 2.40. The zero-order chi connectivity index (χ0) is 11.5. The highest BCUT2D eigenvalue weighted by Crippen LogP contribution is 2.41. The predicted molar refractivity (Wildman–Crippen MR) is 72.5 cm³/mol. The summed E-state index contributed by atoms with van der Waals surface area (Å²) in [7, 11) is 0. The van der Waals surface area contributed by atoms with Crippen LogP contribution in [0.1, 0.15) is 60.3 Å². The van der Waals surface area contributed by atoms with Gasteiger partial charge in [-0.1, -0.05) is 34.6 Å². The molecule has 1 saturated carbocycles. The molecule has 90 valence electrons. The molecule has 0 aromatic heterocycles. The number of hydrogen-bond donors (Lipinski definition) is 0. The molecule has 0 aliphatic heterocycles. The SMILES string of the molecule is CC(C)CSC1CCC(C(C)(C)C)CC1. The first-order chi connectivity index (χ1) is 6.89. The van der Waals surface area contributed by atoms with Gasteiger partial charge in [0.2, 0.25) is 0 Å². The normalized spacial score (nSPS) is 28.4. The quantitative estimate of drug-likeness (QED) is 0.656. The van der Waals surface area contributed by atoms with Gasteiger partial charge in [0, 0.05) is 5.25 Å². The third-order valence-corrected chi connectivity index (χ3v) is 5.37. The van der Waals surface area contributed by atoms with Crippen LogP contribution in [-0.2, 0) is 0 Å². The van der Waals surface area contributed by atoms with Gasteiger partial charge in [0.05, 0.1) is 0 Å². The molecule has 0 radical (unpaired) electrons. The summed E-state index contributed by atoms with van der Waals surface area (Å²) in [5.41, 5.74) is 0.535. The summed E-state index contributed by atoms with van der Waals surface area (Å²) in [5, 5.41) is 0.964. The molecule has 15 heavy (non-hydrogen) atoms. The van der Waals surface area contributed by atoms with Crippen molar-refractivity contribution in [2.45, 2.75) is 65.6 Å².